The molecule has 2 fully saturated rings. The van der Waals surface area contributed by atoms with Crippen LogP contribution in [0.2, 0.25) is 16.6 Å². The van der Waals surface area contributed by atoms with Gasteiger partial charge in [0, 0.05) is 34.2 Å². The zero-order valence-corrected chi connectivity index (χ0v) is 31.6. The van der Waals surface area contributed by atoms with Gasteiger partial charge in [-0.2, -0.15) is 9.97 Å². The Morgan fingerprint density at radius 1 is 1.04 bits per heavy atom. The summed E-state index contributed by atoms with van der Waals surface area (Å²) in [5, 5.41) is 12.1. The number of piperazine rings is 1. The molecule has 0 aliphatic carbocycles. The lowest BCUT2D eigenvalue weighted by Crippen LogP contribution is -2.64. The predicted molar refractivity (Wildman–Crippen MR) is 198 cm³/mol. The maximum Gasteiger partial charge on any atom is 0.407 e. The van der Waals surface area contributed by atoms with E-state index in [1.165, 1.54) is 11.2 Å². The molecule has 5 atom stereocenters. The first-order valence-electron chi connectivity index (χ1n) is 17.5. The van der Waals surface area contributed by atoms with Gasteiger partial charge in [0.15, 0.2) is 11.6 Å². The summed E-state index contributed by atoms with van der Waals surface area (Å²) >= 11 is -1.63. The van der Waals surface area contributed by atoms with E-state index in [0.717, 1.165) is 16.3 Å². The second-order valence-electron chi connectivity index (χ2n) is 14.9. The number of ether oxygens (including phenoxy) is 1. The molecule has 12 heteroatoms. The van der Waals surface area contributed by atoms with Crippen molar-refractivity contribution in [1.29, 1.82) is 0 Å². The average molecular weight is 714 g/mol. The molecule has 0 spiro atoms. The van der Waals surface area contributed by atoms with Crippen LogP contribution in [-0.2, 0) is 11.2 Å². The second kappa shape index (κ2) is 12.7. The predicted octanol–water partition coefficient (Wildman–Crippen LogP) is 7.77. The summed E-state index contributed by atoms with van der Waals surface area (Å²) in [5.74, 6) is 3.49. The number of nitrogens with zero attached hydrogens (tertiary/aromatic N) is 5. The SMILES string of the molecule is CC1Oc2nc(-c3cccc4cccc(C#C[Si](C(C)C)(C(C)C)C(C)C)c34)c(F)c3nc([S+](C)[O-])nc(c23)N2CC3CCC(C12)N3C(=O)O. The third kappa shape index (κ3) is 5.23. The number of fused-ring (bicyclic) bond motifs is 6. The van der Waals surface area contributed by atoms with Crippen LogP contribution in [0.25, 0.3) is 32.9 Å². The smallest absolute Gasteiger partial charge is 0.407 e. The first-order chi connectivity index (χ1) is 23.8. The number of rotatable bonds is 5. The van der Waals surface area contributed by atoms with Crippen molar-refractivity contribution >= 4 is 52.8 Å². The van der Waals surface area contributed by atoms with E-state index in [2.05, 4.69) is 58.0 Å². The van der Waals surface area contributed by atoms with Crippen LogP contribution in [0, 0.1) is 17.3 Å². The number of carboxylic acid groups (broad SMARTS) is 1. The van der Waals surface area contributed by atoms with Crippen LogP contribution >= 0.6 is 0 Å². The van der Waals surface area contributed by atoms with Crippen LogP contribution in [0.1, 0.15) is 66.9 Å². The van der Waals surface area contributed by atoms with Crippen LogP contribution in [0.4, 0.5) is 15.0 Å². The molecule has 7 rings (SSSR count). The topological polar surface area (TPSA) is 115 Å². The Bertz CT molecular complexity index is 2050. The van der Waals surface area contributed by atoms with Gasteiger partial charge in [-0.3, -0.25) is 4.90 Å². The molecular weight excluding hydrogens is 670 g/mol. The first-order valence-corrected chi connectivity index (χ1v) is 21.3. The molecule has 1 N–H and O–H groups in total. The van der Waals surface area contributed by atoms with E-state index in [0.29, 0.717) is 52.8 Å². The van der Waals surface area contributed by atoms with E-state index in [4.69, 9.17) is 14.7 Å². The first kappa shape index (κ1) is 34.5. The van der Waals surface area contributed by atoms with Gasteiger partial charge in [0.1, 0.15) is 37.0 Å². The largest absolute Gasteiger partial charge is 0.609 e. The Morgan fingerprint density at radius 3 is 2.36 bits per heavy atom. The number of benzene rings is 2. The zero-order chi connectivity index (χ0) is 35.8. The molecule has 5 heterocycles. The molecule has 2 aromatic carbocycles. The number of anilines is 1. The summed E-state index contributed by atoms with van der Waals surface area (Å²) in [6, 6.07) is 10.7. The summed E-state index contributed by atoms with van der Waals surface area (Å²) in [5.41, 5.74) is 6.58. The van der Waals surface area contributed by atoms with Gasteiger partial charge in [-0.1, -0.05) is 77.8 Å². The number of hydrogen-bond donors (Lipinski definition) is 1. The van der Waals surface area contributed by atoms with Gasteiger partial charge in [-0.25, -0.2) is 14.2 Å². The van der Waals surface area contributed by atoms with Gasteiger partial charge in [0.2, 0.25) is 5.88 Å². The highest BCUT2D eigenvalue weighted by atomic mass is 32.2. The third-order valence-electron chi connectivity index (χ3n) is 11.4. The highest BCUT2D eigenvalue weighted by Gasteiger charge is 2.53. The average Bonchev–Trinajstić information content (AvgIpc) is 3.32. The van der Waals surface area contributed by atoms with Gasteiger partial charge < -0.3 is 19.3 Å². The molecule has 3 aliphatic heterocycles. The third-order valence-corrected chi connectivity index (χ3v) is 18.4. The number of amides is 1. The molecule has 4 aromatic rings. The monoisotopic (exact) mass is 713 g/mol. The van der Waals surface area contributed by atoms with Gasteiger partial charge in [0.25, 0.3) is 0 Å². The van der Waals surface area contributed by atoms with E-state index in [9.17, 15) is 14.5 Å². The van der Waals surface area contributed by atoms with Crippen molar-refractivity contribution in [3.8, 4) is 28.6 Å². The van der Waals surface area contributed by atoms with E-state index in [1.54, 1.807) is 0 Å². The van der Waals surface area contributed by atoms with Gasteiger partial charge in [0.05, 0.1) is 18.1 Å². The molecular formula is C38H44FN5O4SSi. The molecule has 50 heavy (non-hydrogen) atoms. The molecule has 0 saturated carbocycles. The summed E-state index contributed by atoms with van der Waals surface area (Å²) in [7, 11) is -2.08. The van der Waals surface area contributed by atoms with E-state index >= 15 is 4.39 Å². The fraction of sp³-hybridized carbons (Fsp3) is 0.474. The van der Waals surface area contributed by atoms with Crippen LogP contribution in [0.5, 0.6) is 5.88 Å². The molecule has 2 saturated heterocycles. The Balaban J connectivity index is 1.47. The highest BCUT2D eigenvalue weighted by Crippen LogP contribution is 2.47. The summed E-state index contributed by atoms with van der Waals surface area (Å²) in [6.45, 7) is 15.9. The van der Waals surface area contributed by atoms with Crippen LogP contribution in [0.3, 0.4) is 0 Å². The van der Waals surface area contributed by atoms with Gasteiger partial charge in [-0.05, 0) is 47.8 Å². The molecule has 2 aromatic heterocycles. The lowest BCUT2D eigenvalue weighted by Gasteiger charge is -2.47. The summed E-state index contributed by atoms with van der Waals surface area (Å²) in [4.78, 5) is 30.0. The maximum absolute atomic E-state index is 17.2. The van der Waals surface area contributed by atoms with Crippen molar-refractivity contribution in [2.24, 2.45) is 0 Å². The molecule has 262 valence electrons. The maximum atomic E-state index is 17.2. The van der Waals surface area contributed by atoms with Crippen molar-refractivity contribution < 1.29 is 23.6 Å². The molecule has 0 radical (unpaired) electrons. The van der Waals surface area contributed by atoms with E-state index in [-0.39, 0.29) is 34.3 Å². The van der Waals surface area contributed by atoms with Crippen LogP contribution in [-0.4, -0.2) is 80.7 Å². The van der Waals surface area contributed by atoms with Crippen molar-refractivity contribution in [2.75, 3.05) is 17.7 Å². The number of halogens is 1. The Kier molecular flexibility index (Phi) is 8.76. The zero-order valence-electron chi connectivity index (χ0n) is 29.8. The van der Waals surface area contributed by atoms with Crippen molar-refractivity contribution in [2.45, 2.75) is 107 Å². The quantitative estimate of drug-likeness (QED) is 0.0966. The highest BCUT2D eigenvalue weighted by molar-refractivity contribution is 7.90. The summed E-state index contributed by atoms with van der Waals surface area (Å²) in [6.07, 6.45) is 1.36. The summed E-state index contributed by atoms with van der Waals surface area (Å²) < 4.78 is 36.7. The molecule has 2 bridgehead atoms. The van der Waals surface area contributed by atoms with Crippen LogP contribution < -0.4 is 9.64 Å². The van der Waals surface area contributed by atoms with E-state index in [1.807, 2.05) is 48.2 Å². The lowest BCUT2D eigenvalue weighted by molar-refractivity contribution is 0.0707. The minimum absolute atomic E-state index is 0.00218. The second-order valence-corrected chi connectivity index (χ2v) is 21.8. The number of pyridine rings is 1. The minimum atomic E-state index is -2.08. The van der Waals surface area contributed by atoms with E-state index < -0.39 is 43.3 Å². The molecule has 1 amide bonds. The van der Waals surface area contributed by atoms with Crippen molar-refractivity contribution in [1.82, 2.24) is 19.9 Å². The Labute approximate surface area is 296 Å². The number of aromatic nitrogens is 3. The van der Waals surface area contributed by atoms with Crippen LogP contribution in [0.15, 0.2) is 41.6 Å². The molecule has 9 nitrogen and oxygen atoms in total. The molecule has 5 unspecified atom stereocenters. The fourth-order valence-corrected chi connectivity index (χ4v) is 14.9. The van der Waals surface area contributed by atoms with Gasteiger partial charge >= 0.3 is 11.2 Å². The standard InChI is InChI=1S/C38H44FN5O4SSi/c1-20(2)50(21(3)4,22(5)6)18-17-25-12-9-11-24-13-10-14-27(29(24)25)32-31(39)33-30-35(42-37(41-33)49(8)47)43-19-26-15-16-28(44(26)38(45)46)34(43)23(7)48-36(30)40-32/h9-14,20-23,26,28,34H,15-16,19H2,1-8H3,(H,45,46). The van der Waals surface area contributed by atoms with Crippen molar-refractivity contribution in [3.05, 3.63) is 47.8 Å². The minimum Gasteiger partial charge on any atom is -0.609 e. The number of hydrogen-bond acceptors (Lipinski definition) is 7. The van der Waals surface area contributed by atoms with Crippen molar-refractivity contribution in [3.63, 3.8) is 0 Å². The lowest BCUT2D eigenvalue weighted by atomic mass is 9.96. The normalized spacial score (nSPS) is 22.1. The number of carbonyl (C=O) groups is 1. The Hall–Kier alpha value is -3.92. The fourth-order valence-electron chi connectivity index (χ4n) is 9.28. The van der Waals surface area contributed by atoms with Gasteiger partial charge in [-0.15, -0.1) is 5.54 Å². The molecule has 3 aliphatic rings. The Morgan fingerprint density at radius 2 is 1.72 bits per heavy atom.